The minimum absolute atomic E-state index is 0.144. The Kier molecular flexibility index (Phi) is 4.46. The molecule has 0 bridgehead atoms. The largest absolute Gasteiger partial charge is 0.345 e. The van der Waals surface area contributed by atoms with Crippen LogP contribution in [0, 0.1) is 12.7 Å². The molecule has 3 rings (SSSR count). The normalized spacial score (nSPS) is 11.8. The molecule has 24 heavy (non-hydrogen) atoms. The quantitative estimate of drug-likeness (QED) is 0.624. The molecule has 0 saturated carbocycles. The third-order valence-corrected chi connectivity index (χ3v) is 4.46. The van der Waals surface area contributed by atoms with Crippen LogP contribution in [-0.2, 0) is 6.54 Å². The average molecular weight is 324 g/mol. The Labute approximate surface area is 143 Å². The zero-order valence-corrected chi connectivity index (χ0v) is 15.1. The maximum Gasteiger partial charge on any atom is 0.127 e. The van der Waals surface area contributed by atoms with Gasteiger partial charge in [0.25, 0.3) is 0 Å². The van der Waals surface area contributed by atoms with E-state index < -0.39 is 0 Å². The van der Waals surface area contributed by atoms with Gasteiger partial charge in [-0.2, -0.15) is 0 Å². The van der Waals surface area contributed by atoms with Gasteiger partial charge in [-0.25, -0.2) is 4.39 Å². The molecule has 0 spiro atoms. The maximum absolute atomic E-state index is 14.0. The fourth-order valence-electron chi connectivity index (χ4n) is 3.25. The van der Waals surface area contributed by atoms with E-state index in [0.29, 0.717) is 12.6 Å². The Morgan fingerprint density at radius 2 is 1.71 bits per heavy atom. The zero-order valence-electron chi connectivity index (χ0n) is 15.1. The summed E-state index contributed by atoms with van der Waals surface area (Å²) in [6.45, 7) is 7.13. The number of hydrogen-bond donors (Lipinski definition) is 0. The Balaban J connectivity index is 2.11. The Morgan fingerprint density at radius 1 is 1.04 bits per heavy atom. The minimum atomic E-state index is -0.144. The van der Waals surface area contributed by atoms with Crippen molar-refractivity contribution in [2.24, 2.45) is 0 Å². The molecule has 2 aromatic carbocycles. The first-order valence-corrected chi connectivity index (χ1v) is 8.41. The Bertz CT molecular complexity index is 875. The van der Waals surface area contributed by atoms with Crippen molar-refractivity contribution in [1.29, 1.82) is 0 Å². The van der Waals surface area contributed by atoms with Crippen molar-refractivity contribution in [3.8, 4) is 11.1 Å². The molecule has 1 heterocycles. The van der Waals surface area contributed by atoms with Crippen LogP contribution >= 0.6 is 0 Å². The molecule has 1 aromatic heterocycles. The molecule has 126 valence electrons. The highest BCUT2D eigenvalue weighted by Crippen LogP contribution is 2.30. The van der Waals surface area contributed by atoms with Crippen LogP contribution in [0.5, 0.6) is 0 Å². The van der Waals surface area contributed by atoms with E-state index >= 15 is 0 Å². The summed E-state index contributed by atoms with van der Waals surface area (Å²) < 4.78 is 16.3. The van der Waals surface area contributed by atoms with Gasteiger partial charge in [-0.3, -0.25) is 0 Å². The van der Waals surface area contributed by atoms with Gasteiger partial charge < -0.3 is 9.47 Å². The number of rotatable bonds is 4. The molecule has 0 atom stereocenters. The van der Waals surface area contributed by atoms with Crippen LogP contribution in [0.2, 0.25) is 0 Å². The molecule has 0 aliphatic heterocycles. The predicted molar refractivity (Wildman–Crippen MR) is 99.8 cm³/mol. The highest BCUT2D eigenvalue weighted by Gasteiger charge is 2.11. The molecule has 0 fully saturated rings. The summed E-state index contributed by atoms with van der Waals surface area (Å²) in [5.74, 6) is -0.144. The summed E-state index contributed by atoms with van der Waals surface area (Å²) in [6, 6.07) is 12.3. The monoisotopic (exact) mass is 324 g/mol. The number of aryl methyl sites for hydroxylation is 1. The Hall–Kier alpha value is -2.13. The molecular weight excluding hydrogens is 299 g/mol. The van der Waals surface area contributed by atoms with Gasteiger partial charge >= 0.3 is 0 Å². The van der Waals surface area contributed by atoms with Gasteiger partial charge in [-0.15, -0.1) is 0 Å². The fourth-order valence-corrected chi connectivity index (χ4v) is 3.25. The second-order valence-electron chi connectivity index (χ2n) is 7.09. The lowest BCUT2D eigenvalue weighted by molar-refractivity contribution is 0.392. The molecule has 0 aliphatic carbocycles. The van der Waals surface area contributed by atoms with Gasteiger partial charge in [0.1, 0.15) is 5.82 Å². The summed E-state index contributed by atoms with van der Waals surface area (Å²) in [7, 11) is 3.91. The molecule has 0 saturated heterocycles. The maximum atomic E-state index is 14.0. The number of aromatic nitrogens is 1. The van der Waals surface area contributed by atoms with Crippen LogP contribution < -0.4 is 0 Å². The van der Waals surface area contributed by atoms with Crippen molar-refractivity contribution in [2.75, 3.05) is 14.1 Å². The smallest absolute Gasteiger partial charge is 0.127 e. The van der Waals surface area contributed by atoms with Gasteiger partial charge in [0, 0.05) is 35.2 Å². The van der Waals surface area contributed by atoms with Crippen LogP contribution in [0.1, 0.15) is 31.0 Å². The van der Waals surface area contributed by atoms with Crippen LogP contribution in [0.25, 0.3) is 22.0 Å². The van der Waals surface area contributed by atoms with Crippen molar-refractivity contribution >= 4 is 10.9 Å². The molecule has 0 N–H and O–H groups in total. The van der Waals surface area contributed by atoms with E-state index in [9.17, 15) is 4.39 Å². The van der Waals surface area contributed by atoms with Gasteiger partial charge in [-0.05, 0) is 69.8 Å². The summed E-state index contributed by atoms with van der Waals surface area (Å²) in [5.41, 5.74) is 5.44. The van der Waals surface area contributed by atoms with Gasteiger partial charge in [0.05, 0.1) is 0 Å². The highest BCUT2D eigenvalue weighted by molar-refractivity contribution is 5.88. The van der Waals surface area contributed by atoms with E-state index in [1.54, 1.807) is 6.07 Å². The second kappa shape index (κ2) is 6.40. The standard InChI is InChI=1S/C21H25FN2/c1-14(2)24-12-15(3)19-8-6-17(11-21(19)24)16-7-9-20(22)18(10-16)13-23(4)5/h6-12,14H,13H2,1-5H3. The van der Waals surface area contributed by atoms with Crippen LogP contribution in [0.4, 0.5) is 4.39 Å². The van der Waals surface area contributed by atoms with E-state index in [1.807, 2.05) is 31.1 Å². The third-order valence-electron chi connectivity index (χ3n) is 4.46. The molecule has 0 radical (unpaired) electrons. The minimum Gasteiger partial charge on any atom is -0.345 e. The van der Waals surface area contributed by atoms with Gasteiger partial charge in [0.2, 0.25) is 0 Å². The van der Waals surface area contributed by atoms with Crippen LogP contribution in [0.3, 0.4) is 0 Å². The first-order chi connectivity index (χ1) is 11.4. The number of hydrogen-bond acceptors (Lipinski definition) is 1. The molecular formula is C21H25FN2. The molecule has 2 nitrogen and oxygen atoms in total. The lowest BCUT2D eigenvalue weighted by atomic mass is 10.0. The predicted octanol–water partition coefficient (Wildman–Crippen LogP) is 5.40. The molecule has 3 heteroatoms. The number of halogens is 1. The topological polar surface area (TPSA) is 8.17 Å². The van der Waals surface area contributed by atoms with Crippen LogP contribution in [-0.4, -0.2) is 23.6 Å². The first kappa shape index (κ1) is 16.7. The number of fused-ring (bicyclic) bond motifs is 1. The average Bonchev–Trinajstić information content (AvgIpc) is 2.86. The summed E-state index contributed by atoms with van der Waals surface area (Å²) in [5, 5.41) is 1.28. The van der Waals surface area contributed by atoms with Crippen molar-refractivity contribution in [3.63, 3.8) is 0 Å². The van der Waals surface area contributed by atoms with Gasteiger partial charge in [0.15, 0.2) is 0 Å². The molecule has 0 aliphatic rings. The first-order valence-electron chi connectivity index (χ1n) is 8.41. The summed E-state index contributed by atoms with van der Waals surface area (Å²) >= 11 is 0. The highest BCUT2D eigenvalue weighted by atomic mass is 19.1. The zero-order chi connectivity index (χ0) is 17.4. The lowest BCUT2D eigenvalue weighted by Crippen LogP contribution is -2.12. The van der Waals surface area contributed by atoms with E-state index in [-0.39, 0.29) is 5.82 Å². The summed E-state index contributed by atoms with van der Waals surface area (Å²) in [6.07, 6.45) is 2.21. The van der Waals surface area contributed by atoms with E-state index in [0.717, 1.165) is 16.7 Å². The molecule has 3 aromatic rings. The van der Waals surface area contributed by atoms with Crippen molar-refractivity contribution in [1.82, 2.24) is 9.47 Å². The summed E-state index contributed by atoms with van der Waals surface area (Å²) in [4.78, 5) is 1.98. The van der Waals surface area contributed by atoms with E-state index in [2.05, 4.69) is 49.7 Å². The van der Waals surface area contributed by atoms with Gasteiger partial charge in [-0.1, -0.05) is 18.2 Å². The molecule has 0 unspecified atom stereocenters. The van der Waals surface area contributed by atoms with Crippen molar-refractivity contribution in [2.45, 2.75) is 33.4 Å². The van der Waals surface area contributed by atoms with Crippen molar-refractivity contribution in [3.05, 3.63) is 59.5 Å². The Morgan fingerprint density at radius 3 is 2.38 bits per heavy atom. The SMILES string of the molecule is Cc1cn(C(C)C)c2cc(-c3ccc(F)c(CN(C)C)c3)ccc12. The fraction of sp³-hybridized carbons (Fsp3) is 0.333. The van der Waals surface area contributed by atoms with Crippen molar-refractivity contribution < 1.29 is 4.39 Å². The molecule has 0 amide bonds. The van der Waals surface area contributed by atoms with Crippen LogP contribution in [0.15, 0.2) is 42.6 Å². The van der Waals surface area contributed by atoms with E-state index in [1.165, 1.54) is 16.5 Å². The lowest BCUT2D eigenvalue weighted by Gasteiger charge is -2.13. The third kappa shape index (κ3) is 3.09. The van der Waals surface area contributed by atoms with E-state index in [4.69, 9.17) is 0 Å². The number of nitrogens with zero attached hydrogens (tertiary/aromatic N) is 2. The second-order valence-corrected chi connectivity index (χ2v) is 7.09. The number of benzene rings is 2.